The lowest BCUT2D eigenvalue weighted by molar-refractivity contribution is 0.159. The first kappa shape index (κ1) is 11.8. The van der Waals surface area contributed by atoms with Gasteiger partial charge in [0.1, 0.15) is 16.1 Å². The largest absolute Gasteiger partial charge is 0.383 e. The van der Waals surface area contributed by atoms with Crippen LogP contribution in [0.25, 0.3) is 11.5 Å². The van der Waals surface area contributed by atoms with E-state index >= 15 is 0 Å². The van der Waals surface area contributed by atoms with Crippen molar-refractivity contribution >= 4 is 15.9 Å². The van der Waals surface area contributed by atoms with Gasteiger partial charge < -0.3 is 9.30 Å². The topological polar surface area (TPSA) is 52.8 Å². The minimum Gasteiger partial charge on any atom is -0.383 e. The molecule has 0 spiro atoms. The monoisotopic (exact) mass is 308 g/mol. The highest BCUT2D eigenvalue weighted by Crippen LogP contribution is 2.30. The summed E-state index contributed by atoms with van der Waals surface area (Å²) >= 11 is 3.38. The number of aryl methyl sites for hydroxylation is 1. The Hall–Kier alpha value is -1.27. The maximum atomic E-state index is 5.26. The second-order valence-electron chi connectivity index (χ2n) is 4.30. The van der Waals surface area contributed by atoms with Gasteiger partial charge in [-0.2, -0.15) is 0 Å². The van der Waals surface area contributed by atoms with Crippen molar-refractivity contribution in [3.05, 3.63) is 28.6 Å². The van der Waals surface area contributed by atoms with Gasteiger partial charge in [0.05, 0.1) is 12.6 Å². The minimum atomic E-state index is 0.316. The van der Waals surface area contributed by atoms with Crippen LogP contribution in [0.15, 0.2) is 22.8 Å². The minimum absolute atomic E-state index is 0.316. The highest BCUT2D eigenvalue weighted by molar-refractivity contribution is 9.10. The number of pyridine rings is 1. The van der Waals surface area contributed by atoms with E-state index in [4.69, 9.17) is 4.74 Å². The number of halogens is 1. The lowest BCUT2D eigenvalue weighted by Gasteiger charge is -2.13. The number of aromatic nitrogens is 4. The zero-order valence-electron chi connectivity index (χ0n) is 10.0. The Kier molecular flexibility index (Phi) is 3.13. The fourth-order valence-corrected chi connectivity index (χ4v) is 2.70. The molecule has 0 bridgehead atoms. The van der Waals surface area contributed by atoms with Gasteiger partial charge in [-0.3, -0.25) is 0 Å². The van der Waals surface area contributed by atoms with Gasteiger partial charge in [0, 0.05) is 13.5 Å². The maximum Gasteiger partial charge on any atom is 0.183 e. The van der Waals surface area contributed by atoms with E-state index in [1.807, 2.05) is 18.2 Å². The molecular formula is C12H13BrN4O. The Labute approximate surface area is 113 Å². The molecule has 3 heterocycles. The van der Waals surface area contributed by atoms with Gasteiger partial charge in [0.15, 0.2) is 5.82 Å². The molecule has 0 N–H and O–H groups in total. The molecule has 0 fully saturated rings. The number of ether oxygens (including phenoxy) is 1. The Bertz CT molecular complexity index is 569. The van der Waals surface area contributed by atoms with E-state index in [2.05, 4.69) is 35.7 Å². The fraction of sp³-hybridized carbons (Fsp3) is 0.417. The van der Waals surface area contributed by atoms with Crippen LogP contribution >= 0.6 is 15.9 Å². The smallest absolute Gasteiger partial charge is 0.183 e. The molecule has 0 saturated carbocycles. The van der Waals surface area contributed by atoms with Gasteiger partial charge in [-0.05, 0) is 34.5 Å². The molecule has 2 aromatic rings. The third-order valence-corrected chi connectivity index (χ3v) is 3.58. The third-order valence-electron chi connectivity index (χ3n) is 3.14. The molecule has 2 aromatic heterocycles. The van der Waals surface area contributed by atoms with E-state index < -0.39 is 0 Å². The van der Waals surface area contributed by atoms with Gasteiger partial charge in [-0.1, -0.05) is 6.07 Å². The molecule has 0 amide bonds. The van der Waals surface area contributed by atoms with E-state index in [0.29, 0.717) is 12.6 Å². The van der Waals surface area contributed by atoms with Crippen LogP contribution in [-0.2, 0) is 11.2 Å². The zero-order valence-corrected chi connectivity index (χ0v) is 11.6. The van der Waals surface area contributed by atoms with Crippen LogP contribution in [0.4, 0.5) is 0 Å². The quantitative estimate of drug-likeness (QED) is 0.816. The standard InChI is InChI=1S/C12H13BrN4O/c1-18-7-8-5-6-11-15-16-12(17(8)11)9-3-2-4-10(13)14-9/h2-4,8H,5-7H2,1H3. The summed E-state index contributed by atoms with van der Waals surface area (Å²) in [7, 11) is 1.72. The summed E-state index contributed by atoms with van der Waals surface area (Å²) in [4.78, 5) is 4.44. The van der Waals surface area contributed by atoms with Crippen LogP contribution in [0.2, 0.25) is 0 Å². The number of rotatable bonds is 3. The van der Waals surface area contributed by atoms with Crippen LogP contribution in [0.1, 0.15) is 18.3 Å². The van der Waals surface area contributed by atoms with E-state index in [1.165, 1.54) is 0 Å². The molecule has 1 aliphatic rings. The molecule has 0 aliphatic carbocycles. The fourth-order valence-electron chi connectivity index (χ4n) is 2.36. The highest BCUT2D eigenvalue weighted by Gasteiger charge is 2.27. The lowest BCUT2D eigenvalue weighted by Crippen LogP contribution is -2.12. The molecular weight excluding hydrogens is 296 g/mol. The number of hydrogen-bond acceptors (Lipinski definition) is 4. The molecule has 1 atom stereocenters. The average molecular weight is 309 g/mol. The maximum absolute atomic E-state index is 5.26. The molecule has 5 nitrogen and oxygen atoms in total. The normalized spacial score (nSPS) is 18.0. The molecule has 1 aliphatic heterocycles. The zero-order chi connectivity index (χ0) is 12.5. The van der Waals surface area contributed by atoms with Crippen LogP contribution in [0.5, 0.6) is 0 Å². The van der Waals surface area contributed by atoms with Crippen LogP contribution in [0, 0.1) is 0 Å². The predicted molar refractivity (Wildman–Crippen MR) is 70.2 cm³/mol. The van der Waals surface area contributed by atoms with Crippen LogP contribution < -0.4 is 0 Å². The molecule has 18 heavy (non-hydrogen) atoms. The third kappa shape index (κ3) is 1.95. The van der Waals surface area contributed by atoms with E-state index in [1.54, 1.807) is 7.11 Å². The summed E-state index contributed by atoms with van der Waals surface area (Å²) in [6, 6.07) is 6.12. The van der Waals surface area contributed by atoms with E-state index in [-0.39, 0.29) is 0 Å². The van der Waals surface area contributed by atoms with E-state index in [0.717, 1.165) is 34.8 Å². The summed E-state index contributed by atoms with van der Waals surface area (Å²) in [6.45, 7) is 0.687. The summed E-state index contributed by atoms with van der Waals surface area (Å²) < 4.78 is 8.22. The van der Waals surface area contributed by atoms with Crippen LogP contribution in [0.3, 0.4) is 0 Å². The molecule has 0 saturated heterocycles. The summed E-state index contributed by atoms with van der Waals surface area (Å²) in [5.74, 6) is 1.85. The first-order valence-corrected chi connectivity index (χ1v) is 6.64. The second kappa shape index (κ2) is 4.78. The van der Waals surface area contributed by atoms with Gasteiger partial charge in [-0.15, -0.1) is 10.2 Å². The summed E-state index contributed by atoms with van der Waals surface area (Å²) in [6.07, 6.45) is 2.01. The SMILES string of the molecule is COCC1CCc2nnc(-c3cccc(Br)n3)n21. The molecule has 94 valence electrons. The number of methoxy groups -OCH3 is 1. The molecule has 0 aromatic carbocycles. The number of hydrogen-bond donors (Lipinski definition) is 0. The molecule has 1 unspecified atom stereocenters. The van der Waals surface area contributed by atoms with Crippen molar-refractivity contribution in [2.75, 3.05) is 13.7 Å². The van der Waals surface area contributed by atoms with Gasteiger partial charge >= 0.3 is 0 Å². The first-order chi connectivity index (χ1) is 8.79. The highest BCUT2D eigenvalue weighted by atomic mass is 79.9. The molecule has 0 radical (unpaired) electrons. The van der Waals surface area contributed by atoms with Crippen molar-refractivity contribution in [2.45, 2.75) is 18.9 Å². The van der Waals surface area contributed by atoms with Gasteiger partial charge in [0.2, 0.25) is 0 Å². The number of fused-ring (bicyclic) bond motifs is 1. The average Bonchev–Trinajstić information content (AvgIpc) is 2.92. The van der Waals surface area contributed by atoms with Gasteiger partial charge in [-0.25, -0.2) is 4.98 Å². The predicted octanol–water partition coefficient (Wildman–Crippen LogP) is 2.24. The van der Waals surface area contributed by atoms with Crippen LogP contribution in [-0.4, -0.2) is 33.5 Å². The summed E-state index contributed by atoms with van der Waals surface area (Å²) in [5, 5.41) is 8.49. The van der Waals surface area contributed by atoms with Crippen molar-refractivity contribution in [3.8, 4) is 11.5 Å². The Morgan fingerprint density at radius 2 is 2.33 bits per heavy atom. The van der Waals surface area contributed by atoms with Crippen molar-refractivity contribution in [3.63, 3.8) is 0 Å². The van der Waals surface area contributed by atoms with Gasteiger partial charge in [0.25, 0.3) is 0 Å². The second-order valence-corrected chi connectivity index (χ2v) is 5.12. The Balaban J connectivity index is 2.04. The molecule has 6 heteroatoms. The first-order valence-electron chi connectivity index (χ1n) is 5.85. The number of nitrogens with zero attached hydrogens (tertiary/aromatic N) is 4. The van der Waals surface area contributed by atoms with Crippen molar-refractivity contribution in [2.24, 2.45) is 0 Å². The summed E-state index contributed by atoms with van der Waals surface area (Å²) in [5.41, 5.74) is 0.839. The van der Waals surface area contributed by atoms with Crippen molar-refractivity contribution in [1.29, 1.82) is 0 Å². The van der Waals surface area contributed by atoms with Crippen molar-refractivity contribution < 1.29 is 4.74 Å². The van der Waals surface area contributed by atoms with Crippen molar-refractivity contribution in [1.82, 2.24) is 19.7 Å². The Morgan fingerprint density at radius 3 is 3.11 bits per heavy atom. The van der Waals surface area contributed by atoms with E-state index in [9.17, 15) is 0 Å². The lowest BCUT2D eigenvalue weighted by atomic mass is 10.2. The Morgan fingerprint density at radius 1 is 1.44 bits per heavy atom. The molecule has 3 rings (SSSR count).